The number of nitrogens with zero attached hydrogens (tertiary/aromatic N) is 1. The Kier molecular flexibility index (Phi) is 7.86. The fourth-order valence-corrected chi connectivity index (χ4v) is 2.51. The standard InChI is InChI=1S/C22H27ClN2O2/c1-15(2)5-6-17(4)24-25-22(26)19-9-7-18(8-10-19)14-27-20-11-12-21(23)16(3)13-20/h7-13,15H,5-6,14H2,1-4H3,(H,25,26)/b24-17+. The summed E-state index contributed by atoms with van der Waals surface area (Å²) in [7, 11) is 0. The molecule has 1 amide bonds. The molecule has 2 aromatic rings. The van der Waals surface area contributed by atoms with Gasteiger partial charge >= 0.3 is 0 Å². The van der Waals surface area contributed by atoms with Gasteiger partial charge in [-0.3, -0.25) is 4.79 Å². The van der Waals surface area contributed by atoms with Gasteiger partial charge in [0.25, 0.3) is 5.91 Å². The molecule has 0 saturated carbocycles. The lowest BCUT2D eigenvalue weighted by atomic mass is 10.1. The van der Waals surface area contributed by atoms with Gasteiger partial charge in [-0.2, -0.15) is 5.10 Å². The Labute approximate surface area is 166 Å². The number of halogens is 1. The van der Waals surface area contributed by atoms with Gasteiger partial charge in [0.1, 0.15) is 12.4 Å². The first-order valence-corrected chi connectivity index (χ1v) is 9.54. The highest BCUT2D eigenvalue weighted by Crippen LogP contribution is 2.21. The highest BCUT2D eigenvalue weighted by molar-refractivity contribution is 6.31. The minimum absolute atomic E-state index is 0.209. The van der Waals surface area contributed by atoms with E-state index in [1.54, 1.807) is 12.1 Å². The molecule has 4 nitrogen and oxygen atoms in total. The van der Waals surface area contributed by atoms with E-state index in [4.69, 9.17) is 16.3 Å². The molecule has 0 aliphatic heterocycles. The van der Waals surface area contributed by atoms with Crippen LogP contribution in [0.2, 0.25) is 5.02 Å². The molecule has 5 heteroatoms. The Hall–Kier alpha value is -2.33. The second kappa shape index (κ2) is 10.1. The van der Waals surface area contributed by atoms with Crippen LogP contribution in [0, 0.1) is 12.8 Å². The van der Waals surface area contributed by atoms with Gasteiger partial charge in [-0.05, 0) is 74.1 Å². The Bertz CT molecular complexity index is 798. The van der Waals surface area contributed by atoms with Gasteiger partial charge in [0.05, 0.1) is 0 Å². The van der Waals surface area contributed by atoms with E-state index in [0.29, 0.717) is 18.1 Å². The average molecular weight is 387 g/mol. The molecule has 0 heterocycles. The molecular weight excluding hydrogens is 360 g/mol. The molecule has 27 heavy (non-hydrogen) atoms. The Morgan fingerprint density at radius 1 is 1.19 bits per heavy atom. The van der Waals surface area contributed by atoms with Crippen LogP contribution in [0.15, 0.2) is 47.6 Å². The first kappa shape index (κ1) is 21.0. The predicted molar refractivity (Wildman–Crippen MR) is 112 cm³/mol. The van der Waals surface area contributed by atoms with Crippen molar-refractivity contribution >= 4 is 23.2 Å². The molecule has 0 aliphatic carbocycles. The summed E-state index contributed by atoms with van der Waals surface area (Å²) in [4.78, 5) is 12.2. The third-order valence-corrected chi connectivity index (χ3v) is 4.61. The number of amides is 1. The van der Waals surface area contributed by atoms with Crippen LogP contribution >= 0.6 is 11.6 Å². The monoisotopic (exact) mass is 386 g/mol. The van der Waals surface area contributed by atoms with Gasteiger partial charge in [0, 0.05) is 16.3 Å². The fraction of sp³-hybridized carbons (Fsp3) is 0.364. The lowest BCUT2D eigenvalue weighted by Crippen LogP contribution is -2.19. The van der Waals surface area contributed by atoms with Crippen LogP contribution < -0.4 is 10.2 Å². The summed E-state index contributed by atoms with van der Waals surface area (Å²) in [6.07, 6.45) is 1.95. The number of hydrogen-bond acceptors (Lipinski definition) is 3. The molecule has 0 fully saturated rings. The molecule has 0 atom stereocenters. The maximum atomic E-state index is 12.2. The second-order valence-electron chi connectivity index (χ2n) is 7.12. The van der Waals surface area contributed by atoms with Gasteiger partial charge in [-0.25, -0.2) is 5.43 Å². The molecule has 2 aromatic carbocycles. The zero-order chi connectivity index (χ0) is 19.8. The van der Waals surface area contributed by atoms with Gasteiger partial charge < -0.3 is 4.74 Å². The summed E-state index contributed by atoms with van der Waals surface area (Å²) < 4.78 is 5.77. The molecule has 0 radical (unpaired) electrons. The van der Waals surface area contributed by atoms with Crippen molar-refractivity contribution in [3.05, 3.63) is 64.2 Å². The van der Waals surface area contributed by atoms with Crippen LogP contribution in [0.4, 0.5) is 0 Å². The molecule has 0 aliphatic rings. The lowest BCUT2D eigenvalue weighted by molar-refractivity contribution is 0.0954. The molecule has 0 spiro atoms. The van der Waals surface area contributed by atoms with E-state index in [-0.39, 0.29) is 5.91 Å². The Morgan fingerprint density at radius 2 is 1.89 bits per heavy atom. The number of hydrogen-bond donors (Lipinski definition) is 1. The molecule has 0 aromatic heterocycles. The van der Waals surface area contributed by atoms with Crippen LogP contribution in [0.5, 0.6) is 5.75 Å². The van der Waals surface area contributed by atoms with Gasteiger partial charge in [-0.1, -0.05) is 37.6 Å². The largest absolute Gasteiger partial charge is 0.489 e. The summed E-state index contributed by atoms with van der Waals surface area (Å²) in [5.74, 6) is 1.18. The minimum atomic E-state index is -0.209. The van der Waals surface area contributed by atoms with Crippen LogP contribution in [-0.4, -0.2) is 11.6 Å². The maximum absolute atomic E-state index is 12.2. The number of ether oxygens (including phenoxy) is 1. The summed E-state index contributed by atoms with van der Waals surface area (Å²) in [5.41, 5.74) is 6.08. The Balaban J connectivity index is 1.87. The van der Waals surface area contributed by atoms with Crippen molar-refractivity contribution in [1.82, 2.24) is 5.43 Å². The number of hydrazone groups is 1. The van der Waals surface area contributed by atoms with Gasteiger partial charge in [0.15, 0.2) is 0 Å². The maximum Gasteiger partial charge on any atom is 0.271 e. The number of benzene rings is 2. The first-order chi connectivity index (χ1) is 12.8. The van der Waals surface area contributed by atoms with E-state index in [9.17, 15) is 4.79 Å². The third-order valence-electron chi connectivity index (χ3n) is 4.18. The molecular formula is C22H27ClN2O2. The van der Waals surface area contributed by atoms with E-state index < -0.39 is 0 Å². The van der Waals surface area contributed by atoms with Crippen LogP contribution in [0.3, 0.4) is 0 Å². The predicted octanol–water partition coefficient (Wildman–Crippen LogP) is 5.77. The van der Waals surface area contributed by atoms with Crippen molar-refractivity contribution < 1.29 is 9.53 Å². The van der Waals surface area contributed by atoms with E-state index in [1.807, 2.05) is 44.2 Å². The van der Waals surface area contributed by atoms with Crippen molar-refractivity contribution in [1.29, 1.82) is 0 Å². The van der Waals surface area contributed by atoms with E-state index in [1.165, 1.54) is 0 Å². The highest BCUT2D eigenvalue weighted by Gasteiger charge is 2.06. The molecule has 144 valence electrons. The molecule has 0 bridgehead atoms. The van der Waals surface area contributed by atoms with E-state index in [0.717, 1.165) is 40.5 Å². The molecule has 0 unspecified atom stereocenters. The average Bonchev–Trinajstić information content (AvgIpc) is 2.65. The number of nitrogens with one attached hydrogen (secondary N) is 1. The summed E-state index contributed by atoms with van der Waals surface area (Å²) in [5, 5.41) is 4.89. The van der Waals surface area contributed by atoms with Crippen molar-refractivity contribution in [2.24, 2.45) is 11.0 Å². The third kappa shape index (κ3) is 7.06. The molecule has 0 saturated heterocycles. The van der Waals surface area contributed by atoms with E-state index >= 15 is 0 Å². The highest BCUT2D eigenvalue weighted by atomic mass is 35.5. The van der Waals surface area contributed by atoms with Gasteiger partial charge in [-0.15, -0.1) is 0 Å². The first-order valence-electron chi connectivity index (χ1n) is 9.16. The molecule has 2 rings (SSSR count). The fourth-order valence-electron chi connectivity index (χ4n) is 2.39. The SMILES string of the molecule is C/C(CCC(C)C)=N\NC(=O)c1ccc(COc2ccc(Cl)c(C)c2)cc1. The number of aryl methyl sites for hydroxylation is 1. The van der Waals surface area contributed by atoms with Crippen LogP contribution in [-0.2, 0) is 6.61 Å². The van der Waals surface area contributed by atoms with Crippen LogP contribution in [0.25, 0.3) is 0 Å². The van der Waals surface area contributed by atoms with Crippen molar-refractivity contribution in [3.63, 3.8) is 0 Å². The normalized spacial score (nSPS) is 11.6. The topological polar surface area (TPSA) is 50.7 Å². The number of carbonyl (C=O) groups is 1. The summed E-state index contributed by atoms with van der Waals surface area (Å²) >= 11 is 6.02. The number of rotatable bonds is 8. The minimum Gasteiger partial charge on any atom is -0.489 e. The summed E-state index contributed by atoms with van der Waals surface area (Å²) in [6, 6.07) is 12.9. The van der Waals surface area contributed by atoms with Crippen molar-refractivity contribution in [2.75, 3.05) is 0 Å². The zero-order valence-electron chi connectivity index (χ0n) is 16.4. The molecule has 1 N–H and O–H groups in total. The van der Waals surface area contributed by atoms with Crippen molar-refractivity contribution in [2.45, 2.75) is 47.1 Å². The van der Waals surface area contributed by atoms with Crippen LogP contribution in [0.1, 0.15) is 55.1 Å². The smallest absolute Gasteiger partial charge is 0.271 e. The van der Waals surface area contributed by atoms with E-state index in [2.05, 4.69) is 24.4 Å². The quantitative estimate of drug-likeness (QED) is 0.462. The number of carbonyl (C=O) groups excluding carboxylic acids is 1. The van der Waals surface area contributed by atoms with Gasteiger partial charge in [0.2, 0.25) is 0 Å². The summed E-state index contributed by atoms with van der Waals surface area (Å²) in [6.45, 7) is 8.64. The lowest BCUT2D eigenvalue weighted by Gasteiger charge is -2.09. The second-order valence-corrected chi connectivity index (χ2v) is 7.52. The van der Waals surface area contributed by atoms with Crippen molar-refractivity contribution in [3.8, 4) is 5.75 Å². The zero-order valence-corrected chi connectivity index (χ0v) is 17.1. The Morgan fingerprint density at radius 3 is 2.52 bits per heavy atom.